The van der Waals surface area contributed by atoms with E-state index in [4.69, 9.17) is 0 Å². The van der Waals surface area contributed by atoms with Gasteiger partial charge in [0.2, 0.25) is 0 Å². The van der Waals surface area contributed by atoms with E-state index in [-0.39, 0.29) is 30.3 Å². The average Bonchev–Trinajstić information content (AvgIpc) is 2.53. The molecule has 6 heteroatoms. The van der Waals surface area contributed by atoms with E-state index in [9.17, 15) is 14.7 Å². The number of hydrogen-bond acceptors (Lipinski definition) is 5. The maximum absolute atomic E-state index is 12.3. The molecule has 2 heterocycles. The van der Waals surface area contributed by atoms with Crippen LogP contribution in [-0.4, -0.2) is 39.1 Å². The molecule has 3 rings (SSSR count). The molecule has 0 saturated carbocycles. The van der Waals surface area contributed by atoms with Crippen molar-refractivity contribution in [1.82, 2.24) is 14.9 Å². The van der Waals surface area contributed by atoms with E-state index in [1.54, 1.807) is 18.2 Å². The number of ketones is 1. The summed E-state index contributed by atoms with van der Waals surface area (Å²) in [5.41, 5.74) is 0.414. The van der Waals surface area contributed by atoms with Crippen LogP contribution in [0.25, 0.3) is 10.9 Å². The summed E-state index contributed by atoms with van der Waals surface area (Å²) < 4.78 is 1.33. The zero-order valence-corrected chi connectivity index (χ0v) is 12.2. The summed E-state index contributed by atoms with van der Waals surface area (Å²) in [6.45, 7) is 0.800. The number of nitrogens with one attached hydrogen (secondary N) is 1. The molecule has 116 valence electrons. The number of rotatable bonds is 4. The van der Waals surface area contributed by atoms with Gasteiger partial charge in [-0.3, -0.25) is 14.2 Å². The van der Waals surface area contributed by atoms with Crippen molar-refractivity contribution in [2.24, 2.45) is 0 Å². The van der Waals surface area contributed by atoms with Crippen LogP contribution in [0.3, 0.4) is 0 Å². The zero-order chi connectivity index (χ0) is 15.5. The van der Waals surface area contributed by atoms with E-state index in [1.807, 2.05) is 6.07 Å². The third-order valence-electron chi connectivity index (χ3n) is 4.07. The number of Topliss-reactive ketones (excluding diaryl/α,β-unsaturated/α-hetero) is 1. The second kappa shape index (κ2) is 6.37. The van der Waals surface area contributed by atoms with Crippen LogP contribution in [0.1, 0.15) is 19.3 Å². The standard InChI is InChI=1S/C16H19N3O3/c20-11(8-14-15(21)6-3-7-17-14)9-19-10-18-13-5-2-1-4-12(13)16(19)22/h1-2,4-5,10,14-15,17,21H,3,6-9H2/t14-,15-/m0/s1. The SMILES string of the molecule is O=C(C[C@@H]1NCCC[C@@H]1O)Cn1cnc2ccccc2c1=O. The maximum Gasteiger partial charge on any atom is 0.261 e. The molecule has 1 aliphatic rings. The van der Waals surface area contributed by atoms with Crippen molar-refractivity contribution in [3.8, 4) is 0 Å². The van der Waals surface area contributed by atoms with Gasteiger partial charge in [0.25, 0.3) is 5.56 Å². The van der Waals surface area contributed by atoms with Crippen molar-refractivity contribution >= 4 is 16.7 Å². The van der Waals surface area contributed by atoms with Gasteiger partial charge >= 0.3 is 0 Å². The second-order valence-electron chi connectivity index (χ2n) is 5.71. The number of piperidine rings is 1. The van der Waals surface area contributed by atoms with Crippen LogP contribution in [0, 0.1) is 0 Å². The Morgan fingerprint density at radius 2 is 2.23 bits per heavy atom. The largest absolute Gasteiger partial charge is 0.391 e. The number of aliphatic hydroxyl groups excluding tert-OH is 1. The number of aromatic nitrogens is 2. The molecule has 0 spiro atoms. The van der Waals surface area contributed by atoms with Gasteiger partial charge in [0.1, 0.15) is 0 Å². The number of hydrogen-bond donors (Lipinski definition) is 2. The molecule has 0 radical (unpaired) electrons. The Hall–Kier alpha value is -2.05. The third kappa shape index (κ3) is 3.08. The molecule has 1 saturated heterocycles. The van der Waals surface area contributed by atoms with Crippen molar-refractivity contribution in [3.63, 3.8) is 0 Å². The summed E-state index contributed by atoms with van der Waals surface area (Å²) in [6.07, 6.45) is 2.76. The Kier molecular flexibility index (Phi) is 4.31. The van der Waals surface area contributed by atoms with Crippen molar-refractivity contribution in [2.45, 2.75) is 38.0 Å². The minimum Gasteiger partial charge on any atom is -0.391 e. The van der Waals surface area contributed by atoms with Crippen LogP contribution in [0.5, 0.6) is 0 Å². The number of nitrogens with zero attached hydrogens (tertiary/aromatic N) is 2. The van der Waals surface area contributed by atoms with Gasteiger partial charge in [-0.1, -0.05) is 12.1 Å². The van der Waals surface area contributed by atoms with Crippen LogP contribution < -0.4 is 10.9 Å². The quantitative estimate of drug-likeness (QED) is 0.857. The fraction of sp³-hybridized carbons (Fsp3) is 0.438. The number of fused-ring (bicyclic) bond motifs is 1. The van der Waals surface area contributed by atoms with Gasteiger partial charge in [-0.05, 0) is 31.5 Å². The lowest BCUT2D eigenvalue weighted by atomic mass is 9.97. The first-order chi connectivity index (χ1) is 10.6. The van der Waals surface area contributed by atoms with Crippen LogP contribution in [0.15, 0.2) is 35.4 Å². The summed E-state index contributed by atoms with van der Waals surface area (Å²) in [5.74, 6) is -0.0855. The lowest BCUT2D eigenvalue weighted by Gasteiger charge is -2.28. The Morgan fingerprint density at radius 1 is 1.41 bits per heavy atom. The van der Waals surface area contributed by atoms with Gasteiger partial charge in [-0.2, -0.15) is 0 Å². The van der Waals surface area contributed by atoms with Gasteiger partial charge < -0.3 is 10.4 Å². The Balaban J connectivity index is 1.74. The first kappa shape index (κ1) is 14.9. The predicted octanol–water partition coefficient (Wildman–Crippen LogP) is 0.469. The molecule has 2 atom stereocenters. The highest BCUT2D eigenvalue weighted by Crippen LogP contribution is 2.12. The highest BCUT2D eigenvalue weighted by atomic mass is 16.3. The van der Waals surface area contributed by atoms with Crippen LogP contribution >= 0.6 is 0 Å². The third-order valence-corrected chi connectivity index (χ3v) is 4.07. The topological polar surface area (TPSA) is 84.2 Å². The molecule has 6 nitrogen and oxygen atoms in total. The smallest absolute Gasteiger partial charge is 0.261 e. The minimum atomic E-state index is -0.496. The lowest BCUT2D eigenvalue weighted by Crippen LogP contribution is -2.46. The molecule has 0 aliphatic carbocycles. The van der Waals surface area contributed by atoms with E-state index < -0.39 is 6.10 Å². The van der Waals surface area contributed by atoms with Crippen LogP contribution in [0.2, 0.25) is 0 Å². The van der Waals surface area contributed by atoms with Gasteiger partial charge in [0.05, 0.1) is 29.9 Å². The number of para-hydroxylation sites is 1. The molecule has 1 fully saturated rings. The van der Waals surface area contributed by atoms with E-state index in [2.05, 4.69) is 10.3 Å². The molecule has 0 bridgehead atoms. The molecule has 0 amide bonds. The molecule has 0 unspecified atom stereocenters. The van der Waals surface area contributed by atoms with Gasteiger partial charge in [-0.15, -0.1) is 0 Å². The normalized spacial score (nSPS) is 21.9. The molecular weight excluding hydrogens is 282 g/mol. The van der Waals surface area contributed by atoms with Crippen molar-refractivity contribution < 1.29 is 9.90 Å². The van der Waals surface area contributed by atoms with E-state index in [0.29, 0.717) is 17.3 Å². The molecule has 2 N–H and O–H groups in total. The summed E-state index contributed by atoms with van der Waals surface area (Å²) in [4.78, 5) is 28.7. The van der Waals surface area contributed by atoms with Gasteiger partial charge in [0, 0.05) is 12.5 Å². The highest BCUT2D eigenvalue weighted by molar-refractivity contribution is 5.80. The molecule has 1 aromatic heterocycles. The molecule has 1 aliphatic heterocycles. The monoisotopic (exact) mass is 301 g/mol. The number of carbonyl (C=O) groups excluding carboxylic acids is 1. The van der Waals surface area contributed by atoms with E-state index in [0.717, 1.165) is 13.0 Å². The predicted molar refractivity (Wildman–Crippen MR) is 82.7 cm³/mol. The summed E-state index contributed by atoms with van der Waals surface area (Å²) in [7, 11) is 0. The van der Waals surface area contributed by atoms with Crippen LogP contribution in [0.4, 0.5) is 0 Å². The number of aliphatic hydroxyl groups is 1. The first-order valence-corrected chi connectivity index (χ1v) is 7.52. The summed E-state index contributed by atoms with van der Waals surface area (Å²) in [5, 5.41) is 13.5. The molecule has 1 aromatic carbocycles. The maximum atomic E-state index is 12.3. The Labute approximate surface area is 127 Å². The van der Waals surface area contributed by atoms with Gasteiger partial charge in [0.15, 0.2) is 5.78 Å². The zero-order valence-electron chi connectivity index (χ0n) is 12.2. The van der Waals surface area contributed by atoms with Crippen molar-refractivity contribution in [2.75, 3.05) is 6.54 Å². The lowest BCUT2D eigenvalue weighted by molar-refractivity contribution is -0.121. The number of carbonyl (C=O) groups is 1. The minimum absolute atomic E-state index is 0.0123. The fourth-order valence-corrected chi connectivity index (χ4v) is 2.86. The molecule has 22 heavy (non-hydrogen) atoms. The summed E-state index contributed by atoms with van der Waals surface area (Å²) in [6, 6.07) is 6.86. The Bertz CT molecular complexity index is 741. The average molecular weight is 301 g/mol. The van der Waals surface area contributed by atoms with Crippen molar-refractivity contribution in [3.05, 3.63) is 40.9 Å². The van der Waals surface area contributed by atoms with Gasteiger partial charge in [-0.25, -0.2) is 4.98 Å². The fourth-order valence-electron chi connectivity index (χ4n) is 2.86. The summed E-state index contributed by atoms with van der Waals surface area (Å²) >= 11 is 0. The van der Waals surface area contributed by atoms with E-state index in [1.165, 1.54) is 10.9 Å². The highest BCUT2D eigenvalue weighted by Gasteiger charge is 2.24. The number of benzene rings is 1. The second-order valence-corrected chi connectivity index (χ2v) is 5.71. The van der Waals surface area contributed by atoms with Crippen molar-refractivity contribution in [1.29, 1.82) is 0 Å². The molecular formula is C16H19N3O3. The van der Waals surface area contributed by atoms with Crippen LogP contribution in [-0.2, 0) is 11.3 Å². The van der Waals surface area contributed by atoms with E-state index >= 15 is 0 Å². The first-order valence-electron chi connectivity index (χ1n) is 7.52. The Morgan fingerprint density at radius 3 is 3.05 bits per heavy atom. The molecule has 2 aromatic rings.